The summed E-state index contributed by atoms with van der Waals surface area (Å²) in [6.07, 6.45) is 5.27. The molecule has 1 atom stereocenters. The van der Waals surface area contributed by atoms with Crippen molar-refractivity contribution in [2.45, 2.75) is 12.6 Å². The molecule has 1 aromatic carbocycles. The van der Waals surface area contributed by atoms with Crippen molar-refractivity contribution in [2.24, 2.45) is 0 Å². The summed E-state index contributed by atoms with van der Waals surface area (Å²) in [6.45, 7) is 0.951. The Kier molecular flexibility index (Phi) is 5.07. The van der Waals surface area contributed by atoms with Crippen LogP contribution >= 0.6 is 0 Å². The first-order valence-electron chi connectivity index (χ1n) is 8.84. The Morgan fingerprint density at radius 3 is 2.74 bits per heavy atom. The molecule has 6 heteroatoms. The molecule has 0 spiro atoms. The van der Waals surface area contributed by atoms with E-state index in [2.05, 4.69) is 15.3 Å². The predicted molar refractivity (Wildman–Crippen MR) is 102 cm³/mol. The van der Waals surface area contributed by atoms with Gasteiger partial charge in [0, 0.05) is 35.5 Å². The van der Waals surface area contributed by atoms with Crippen molar-refractivity contribution in [3.63, 3.8) is 0 Å². The molecular weight excluding hydrogens is 340 g/mol. The van der Waals surface area contributed by atoms with Gasteiger partial charge in [0.1, 0.15) is 6.61 Å². The normalized spacial score (nSPS) is 17.0. The number of para-hydroxylation sites is 1. The van der Waals surface area contributed by atoms with Gasteiger partial charge >= 0.3 is 0 Å². The van der Waals surface area contributed by atoms with Gasteiger partial charge in [-0.1, -0.05) is 24.3 Å². The largest absolute Gasteiger partial charge is 0.369 e. The number of pyridine rings is 2. The average molecular weight is 360 g/mol. The fraction of sp³-hybridized carbons (Fsp3) is 0.190. The first kappa shape index (κ1) is 17.2. The van der Waals surface area contributed by atoms with E-state index in [0.29, 0.717) is 13.2 Å². The number of hydrogen-bond acceptors (Lipinski definition) is 5. The lowest BCUT2D eigenvalue weighted by atomic mass is 10.0. The molecule has 1 unspecified atom stereocenters. The molecule has 27 heavy (non-hydrogen) atoms. The van der Waals surface area contributed by atoms with E-state index in [4.69, 9.17) is 4.74 Å². The van der Waals surface area contributed by atoms with Gasteiger partial charge in [0.25, 0.3) is 0 Å². The number of nitrogens with one attached hydrogen (secondary N) is 1. The molecule has 0 aliphatic carbocycles. The molecule has 1 N–H and O–H groups in total. The minimum Gasteiger partial charge on any atom is -0.369 e. The number of benzene rings is 1. The highest BCUT2D eigenvalue weighted by atomic mass is 16.5. The SMILES string of the molecule is O=C1COCC(c2cnccc2Nc2ccccc2)N1Cc1ccccn1. The molecular formula is C21H20N4O2. The first-order valence-corrected chi connectivity index (χ1v) is 8.84. The number of hydrogen-bond donors (Lipinski definition) is 1. The summed E-state index contributed by atoms with van der Waals surface area (Å²) in [4.78, 5) is 23.0. The smallest absolute Gasteiger partial charge is 0.249 e. The van der Waals surface area contributed by atoms with Gasteiger partial charge < -0.3 is 15.0 Å². The topological polar surface area (TPSA) is 67.3 Å². The standard InChI is InChI=1S/C21H20N4O2/c26-21-15-27-14-20(25(21)13-17-8-4-5-10-23-17)18-12-22-11-9-19(18)24-16-6-2-1-3-7-16/h1-12,20H,13-15H2,(H,22,24). The van der Waals surface area contributed by atoms with Crippen molar-refractivity contribution >= 4 is 17.3 Å². The van der Waals surface area contributed by atoms with E-state index in [1.165, 1.54) is 0 Å². The van der Waals surface area contributed by atoms with Crippen molar-refractivity contribution in [3.05, 3.63) is 84.4 Å². The maximum Gasteiger partial charge on any atom is 0.249 e. The Morgan fingerprint density at radius 1 is 1.07 bits per heavy atom. The lowest BCUT2D eigenvalue weighted by Crippen LogP contribution is -2.44. The third kappa shape index (κ3) is 3.96. The number of aromatic nitrogens is 2. The van der Waals surface area contributed by atoms with Crippen LogP contribution in [0.15, 0.2) is 73.2 Å². The van der Waals surface area contributed by atoms with Gasteiger partial charge in [-0.05, 0) is 30.3 Å². The number of carbonyl (C=O) groups excluding carboxylic acids is 1. The zero-order chi connectivity index (χ0) is 18.5. The summed E-state index contributed by atoms with van der Waals surface area (Å²) in [6, 6.07) is 17.3. The summed E-state index contributed by atoms with van der Waals surface area (Å²) in [5.74, 6) is -0.0496. The number of ether oxygens (including phenoxy) is 1. The maximum absolute atomic E-state index is 12.6. The number of anilines is 2. The van der Waals surface area contributed by atoms with Crippen molar-refractivity contribution in [1.82, 2.24) is 14.9 Å². The second-order valence-corrected chi connectivity index (χ2v) is 6.33. The van der Waals surface area contributed by atoms with Crippen LogP contribution in [0.4, 0.5) is 11.4 Å². The van der Waals surface area contributed by atoms with Crippen LogP contribution in [-0.4, -0.2) is 34.0 Å². The highest BCUT2D eigenvalue weighted by molar-refractivity contribution is 5.79. The number of carbonyl (C=O) groups is 1. The maximum atomic E-state index is 12.6. The Morgan fingerprint density at radius 2 is 1.93 bits per heavy atom. The van der Waals surface area contributed by atoms with E-state index < -0.39 is 0 Å². The minimum absolute atomic E-state index is 0.0496. The van der Waals surface area contributed by atoms with E-state index >= 15 is 0 Å². The molecule has 3 aromatic rings. The van der Waals surface area contributed by atoms with Crippen LogP contribution < -0.4 is 5.32 Å². The van der Waals surface area contributed by atoms with Crippen LogP contribution in [0.5, 0.6) is 0 Å². The van der Waals surface area contributed by atoms with Crippen molar-refractivity contribution in [1.29, 1.82) is 0 Å². The van der Waals surface area contributed by atoms with Gasteiger partial charge in [-0.25, -0.2) is 0 Å². The Labute approximate surface area is 157 Å². The lowest BCUT2D eigenvalue weighted by molar-refractivity contribution is -0.149. The number of amides is 1. The van der Waals surface area contributed by atoms with Crippen LogP contribution in [0.1, 0.15) is 17.3 Å². The zero-order valence-electron chi connectivity index (χ0n) is 14.8. The molecule has 0 radical (unpaired) electrons. The molecule has 6 nitrogen and oxygen atoms in total. The van der Waals surface area contributed by atoms with Gasteiger partial charge in [-0.2, -0.15) is 0 Å². The Balaban J connectivity index is 1.65. The zero-order valence-corrected chi connectivity index (χ0v) is 14.8. The quantitative estimate of drug-likeness (QED) is 0.756. The van der Waals surface area contributed by atoms with Gasteiger partial charge in [-0.15, -0.1) is 0 Å². The van der Waals surface area contributed by atoms with Gasteiger partial charge in [-0.3, -0.25) is 14.8 Å². The summed E-state index contributed by atoms with van der Waals surface area (Å²) < 4.78 is 5.55. The molecule has 3 heterocycles. The van der Waals surface area contributed by atoms with Gasteiger partial charge in [0.05, 0.1) is 24.9 Å². The van der Waals surface area contributed by atoms with Crippen LogP contribution in [-0.2, 0) is 16.1 Å². The third-order valence-corrected chi connectivity index (χ3v) is 4.52. The molecule has 1 aliphatic rings. The van der Waals surface area contributed by atoms with Crippen molar-refractivity contribution in [3.8, 4) is 0 Å². The van der Waals surface area contributed by atoms with E-state index in [1.807, 2.05) is 59.5 Å². The van der Waals surface area contributed by atoms with E-state index in [1.54, 1.807) is 18.6 Å². The number of nitrogens with zero attached hydrogens (tertiary/aromatic N) is 3. The van der Waals surface area contributed by atoms with E-state index in [-0.39, 0.29) is 18.6 Å². The monoisotopic (exact) mass is 360 g/mol. The molecule has 136 valence electrons. The summed E-state index contributed by atoms with van der Waals surface area (Å²) in [7, 11) is 0. The Hall–Kier alpha value is -3.25. The van der Waals surface area contributed by atoms with Crippen molar-refractivity contribution in [2.75, 3.05) is 18.5 Å². The van der Waals surface area contributed by atoms with Crippen LogP contribution in [0.3, 0.4) is 0 Å². The minimum atomic E-state index is -0.229. The summed E-state index contributed by atoms with van der Waals surface area (Å²) >= 11 is 0. The second kappa shape index (κ2) is 7.97. The Bertz CT molecular complexity index is 902. The molecule has 4 rings (SSSR count). The van der Waals surface area contributed by atoms with E-state index in [0.717, 1.165) is 22.6 Å². The molecule has 1 aliphatic heterocycles. The van der Waals surface area contributed by atoms with Gasteiger partial charge in [0.15, 0.2) is 0 Å². The number of morpholine rings is 1. The molecule has 0 bridgehead atoms. The predicted octanol–water partition coefficient (Wildman–Crippen LogP) is 3.32. The van der Waals surface area contributed by atoms with Crippen LogP contribution in [0.2, 0.25) is 0 Å². The molecule has 1 amide bonds. The average Bonchev–Trinajstić information content (AvgIpc) is 2.72. The summed E-state index contributed by atoms with van der Waals surface area (Å²) in [5.41, 5.74) is 3.65. The molecule has 0 saturated carbocycles. The van der Waals surface area contributed by atoms with Crippen molar-refractivity contribution < 1.29 is 9.53 Å². The third-order valence-electron chi connectivity index (χ3n) is 4.52. The molecule has 2 aromatic heterocycles. The summed E-state index contributed by atoms with van der Waals surface area (Å²) in [5, 5.41) is 3.42. The molecule has 1 saturated heterocycles. The highest BCUT2D eigenvalue weighted by Gasteiger charge is 2.32. The second-order valence-electron chi connectivity index (χ2n) is 6.33. The highest BCUT2D eigenvalue weighted by Crippen LogP contribution is 2.32. The lowest BCUT2D eigenvalue weighted by Gasteiger charge is -2.36. The fourth-order valence-electron chi connectivity index (χ4n) is 3.19. The van der Waals surface area contributed by atoms with Gasteiger partial charge in [0.2, 0.25) is 5.91 Å². The van der Waals surface area contributed by atoms with Crippen LogP contribution in [0, 0.1) is 0 Å². The van der Waals surface area contributed by atoms with E-state index in [9.17, 15) is 4.79 Å². The van der Waals surface area contributed by atoms with Crippen LogP contribution in [0.25, 0.3) is 0 Å². The first-order chi connectivity index (χ1) is 13.3. The fourth-order valence-corrected chi connectivity index (χ4v) is 3.19. The molecule has 1 fully saturated rings. The number of rotatable bonds is 5.